The van der Waals surface area contributed by atoms with E-state index in [2.05, 4.69) is 41.4 Å². The largest absolute Gasteiger partial charge is 0.235 e. The van der Waals surface area contributed by atoms with Gasteiger partial charge in [0.15, 0.2) is 0 Å². The number of rotatable bonds is 0. The molecule has 0 bridgehead atoms. The summed E-state index contributed by atoms with van der Waals surface area (Å²) in [6.45, 7) is 0. The molecule has 0 unspecified atom stereocenters. The second-order valence-corrected chi connectivity index (χ2v) is 4.97. The number of hydrogen-bond donors (Lipinski definition) is 0. The van der Waals surface area contributed by atoms with E-state index in [-0.39, 0.29) is 0 Å². The van der Waals surface area contributed by atoms with Crippen molar-refractivity contribution in [3.05, 3.63) is 64.8 Å². The Morgan fingerprint density at radius 1 is 0.889 bits per heavy atom. The number of pyridine rings is 1. The van der Waals surface area contributed by atoms with Crippen LogP contribution in [0.4, 0.5) is 0 Å². The third-order valence-corrected chi connectivity index (χ3v) is 3.90. The average molecular weight is 252 g/mol. The van der Waals surface area contributed by atoms with Crippen molar-refractivity contribution in [1.82, 2.24) is 4.98 Å². The third kappa shape index (κ3) is 1.25. The summed E-state index contributed by atoms with van der Waals surface area (Å²) in [5, 5.41) is 2.87. The lowest BCUT2D eigenvalue weighted by Gasteiger charge is -2.06. The predicted octanol–water partition coefficient (Wildman–Crippen LogP) is 4.46. The zero-order valence-corrected chi connectivity index (χ0v) is 10.4. The molecule has 1 aromatic heterocycles. The van der Waals surface area contributed by atoms with E-state index in [4.69, 9.17) is 11.6 Å². The molecule has 0 spiro atoms. The van der Waals surface area contributed by atoms with Crippen molar-refractivity contribution in [2.45, 2.75) is 6.42 Å². The third-order valence-electron chi connectivity index (χ3n) is 3.61. The SMILES string of the molecule is Clc1nc2c(c3ccccc13)Cc1ccccc1-2. The Bertz CT molecular complexity index is 777. The summed E-state index contributed by atoms with van der Waals surface area (Å²) in [4.78, 5) is 4.59. The smallest absolute Gasteiger partial charge is 0.137 e. The van der Waals surface area contributed by atoms with E-state index in [1.165, 1.54) is 22.1 Å². The molecule has 0 saturated heterocycles. The number of benzene rings is 2. The number of aromatic nitrogens is 1. The van der Waals surface area contributed by atoms with Crippen LogP contribution in [0.3, 0.4) is 0 Å². The van der Waals surface area contributed by atoms with Gasteiger partial charge in [-0.15, -0.1) is 0 Å². The Morgan fingerprint density at radius 3 is 2.50 bits per heavy atom. The van der Waals surface area contributed by atoms with Gasteiger partial charge in [0.1, 0.15) is 5.15 Å². The molecule has 1 nitrogen and oxygen atoms in total. The van der Waals surface area contributed by atoms with Crippen LogP contribution >= 0.6 is 11.6 Å². The van der Waals surface area contributed by atoms with Gasteiger partial charge < -0.3 is 0 Å². The fourth-order valence-electron chi connectivity index (χ4n) is 2.78. The standard InChI is InChI=1S/C16H10ClN/c17-16-13-8-4-3-7-12(13)14-9-10-5-1-2-6-11(10)15(14)18-16/h1-8H,9H2. The monoisotopic (exact) mass is 251 g/mol. The quantitative estimate of drug-likeness (QED) is 0.421. The second-order valence-electron chi connectivity index (χ2n) is 4.61. The zero-order valence-electron chi connectivity index (χ0n) is 9.65. The van der Waals surface area contributed by atoms with Crippen LogP contribution in [0.15, 0.2) is 48.5 Å². The van der Waals surface area contributed by atoms with Gasteiger partial charge in [-0.3, -0.25) is 0 Å². The normalized spacial score (nSPS) is 12.5. The van der Waals surface area contributed by atoms with E-state index in [1.807, 2.05) is 12.1 Å². The van der Waals surface area contributed by atoms with Gasteiger partial charge in [0, 0.05) is 17.4 Å². The van der Waals surface area contributed by atoms with Crippen molar-refractivity contribution in [2.24, 2.45) is 0 Å². The maximum atomic E-state index is 6.30. The molecule has 18 heavy (non-hydrogen) atoms. The first-order valence-corrected chi connectivity index (χ1v) is 6.38. The van der Waals surface area contributed by atoms with Crippen LogP contribution in [0.5, 0.6) is 0 Å². The number of halogens is 1. The summed E-state index contributed by atoms with van der Waals surface area (Å²) in [6.07, 6.45) is 0.955. The van der Waals surface area contributed by atoms with Crippen molar-refractivity contribution in [2.75, 3.05) is 0 Å². The average Bonchev–Trinajstić information content (AvgIpc) is 2.78. The molecule has 2 aromatic carbocycles. The van der Waals surface area contributed by atoms with E-state index in [0.29, 0.717) is 5.15 Å². The summed E-state index contributed by atoms with van der Waals surface area (Å²) in [5.74, 6) is 0. The Kier molecular flexibility index (Phi) is 2.00. The predicted molar refractivity (Wildman–Crippen MR) is 75.0 cm³/mol. The first-order chi connectivity index (χ1) is 8.84. The van der Waals surface area contributed by atoms with Gasteiger partial charge in [-0.2, -0.15) is 0 Å². The van der Waals surface area contributed by atoms with Crippen LogP contribution in [0.25, 0.3) is 22.0 Å². The van der Waals surface area contributed by atoms with E-state index in [1.54, 1.807) is 0 Å². The van der Waals surface area contributed by atoms with Crippen LogP contribution in [-0.2, 0) is 6.42 Å². The fourth-order valence-corrected chi connectivity index (χ4v) is 3.03. The lowest BCUT2D eigenvalue weighted by atomic mass is 10.0. The highest BCUT2D eigenvalue weighted by atomic mass is 35.5. The van der Waals surface area contributed by atoms with E-state index < -0.39 is 0 Å². The highest BCUT2D eigenvalue weighted by Crippen LogP contribution is 2.40. The molecule has 86 valence electrons. The minimum absolute atomic E-state index is 0.598. The molecule has 0 N–H and O–H groups in total. The second kappa shape index (κ2) is 3.56. The van der Waals surface area contributed by atoms with Crippen LogP contribution < -0.4 is 0 Å². The van der Waals surface area contributed by atoms with Gasteiger partial charge in [-0.1, -0.05) is 60.1 Å². The van der Waals surface area contributed by atoms with E-state index in [9.17, 15) is 0 Å². The summed E-state index contributed by atoms with van der Waals surface area (Å²) in [5.41, 5.74) is 4.91. The van der Waals surface area contributed by atoms with E-state index >= 15 is 0 Å². The van der Waals surface area contributed by atoms with Crippen LogP contribution in [0, 0.1) is 0 Å². The van der Waals surface area contributed by atoms with Gasteiger partial charge >= 0.3 is 0 Å². The van der Waals surface area contributed by atoms with Gasteiger partial charge in [0.05, 0.1) is 5.69 Å². The van der Waals surface area contributed by atoms with Gasteiger partial charge in [0.2, 0.25) is 0 Å². The molecule has 3 aromatic rings. The van der Waals surface area contributed by atoms with Crippen molar-refractivity contribution in [1.29, 1.82) is 0 Å². The Balaban J connectivity index is 2.14. The molecule has 0 atom stereocenters. The molecule has 1 heterocycles. The lowest BCUT2D eigenvalue weighted by molar-refractivity contribution is 1.26. The number of nitrogens with zero attached hydrogens (tertiary/aromatic N) is 1. The van der Waals surface area contributed by atoms with Crippen LogP contribution in [-0.4, -0.2) is 4.98 Å². The molecule has 1 aliphatic carbocycles. The molecule has 0 saturated carbocycles. The number of fused-ring (bicyclic) bond motifs is 5. The Labute approximate surface area is 110 Å². The van der Waals surface area contributed by atoms with Crippen molar-refractivity contribution < 1.29 is 0 Å². The molecule has 0 amide bonds. The van der Waals surface area contributed by atoms with Gasteiger partial charge in [-0.05, 0) is 16.5 Å². The topological polar surface area (TPSA) is 12.9 Å². The first kappa shape index (κ1) is 10.1. The molecule has 1 aliphatic rings. The summed E-state index contributed by atoms with van der Waals surface area (Å²) >= 11 is 6.30. The lowest BCUT2D eigenvalue weighted by Crippen LogP contribution is -1.89. The molecular weight excluding hydrogens is 242 g/mol. The molecule has 0 aliphatic heterocycles. The minimum atomic E-state index is 0.598. The molecule has 4 rings (SSSR count). The van der Waals surface area contributed by atoms with Crippen molar-refractivity contribution in [3.63, 3.8) is 0 Å². The van der Waals surface area contributed by atoms with E-state index in [0.717, 1.165) is 17.5 Å². The highest BCUT2D eigenvalue weighted by Gasteiger charge is 2.22. The minimum Gasteiger partial charge on any atom is -0.235 e. The van der Waals surface area contributed by atoms with Gasteiger partial charge in [-0.25, -0.2) is 4.98 Å². The Morgan fingerprint density at radius 2 is 1.61 bits per heavy atom. The van der Waals surface area contributed by atoms with Crippen LogP contribution in [0.1, 0.15) is 11.1 Å². The zero-order chi connectivity index (χ0) is 12.1. The summed E-state index contributed by atoms with van der Waals surface area (Å²) < 4.78 is 0. The maximum absolute atomic E-state index is 6.30. The fraction of sp³-hybridized carbons (Fsp3) is 0.0625. The maximum Gasteiger partial charge on any atom is 0.137 e. The Hall–Kier alpha value is -1.86. The van der Waals surface area contributed by atoms with Gasteiger partial charge in [0.25, 0.3) is 0 Å². The highest BCUT2D eigenvalue weighted by molar-refractivity contribution is 6.34. The van der Waals surface area contributed by atoms with Crippen molar-refractivity contribution >= 4 is 22.4 Å². The first-order valence-electron chi connectivity index (χ1n) is 6.00. The summed E-state index contributed by atoms with van der Waals surface area (Å²) in [7, 11) is 0. The molecular formula is C16H10ClN. The summed E-state index contributed by atoms with van der Waals surface area (Å²) in [6, 6.07) is 16.7. The molecule has 0 fully saturated rings. The molecule has 0 radical (unpaired) electrons. The molecule has 2 heteroatoms. The van der Waals surface area contributed by atoms with Crippen LogP contribution in [0.2, 0.25) is 5.15 Å². The van der Waals surface area contributed by atoms with Crippen molar-refractivity contribution in [3.8, 4) is 11.3 Å². The number of hydrogen-bond acceptors (Lipinski definition) is 1.